The number of hydrogen-bond donors (Lipinski definition) is 2. The Morgan fingerprint density at radius 3 is 2.12 bits per heavy atom. The second-order valence-corrected chi connectivity index (χ2v) is 6.12. The predicted molar refractivity (Wildman–Crippen MR) is 67.2 cm³/mol. The maximum absolute atomic E-state index is 11.1. The van der Waals surface area contributed by atoms with E-state index in [9.17, 15) is 5.11 Å². The summed E-state index contributed by atoms with van der Waals surface area (Å²) in [5, 5.41) is 11.1. The molecule has 0 aliphatic heterocycles. The van der Waals surface area contributed by atoms with Crippen molar-refractivity contribution in [3.63, 3.8) is 0 Å². The monoisotopic (exact) mass is 225 g/mol. The molecule has 0 heterocycles. The van der Waals surface area contributed by atoms with Gasteiger partial charge in [0.25, 0.3) is 0 Å². The van der Waals surface area contributed by atoms with Crippen molar-refractivity contribution in [2.45, 2.75) is 70.3 Å². The van der Waals surface area contributed by atoms with Crippen molar-refractivity contribution in [1.29, 1.82) is 0 Å². The minimum Gasteiger partial charge on any atom is -0.389 e. The fourth-order valence-electron chi connectivity index (χ4n) is 4.17. The van der Waals surface area contributed by atoms with E-state index >= 15 is 0 Å². The van der Waals surface area contributed by atoms with Crippen LogP contribution in [0.3, 0.4) is 0 Å². The first-order valence-electron chi connectivity index (χ1n) is 7.07. The van der Waals surface area contributed by atoms with E-state index in [1.54, 1.807) is 0 Å². The smallest absolute Gasteiger partial charge is 0.0741 e. The van der Waals surface area contributed by atoms with Crippen molar-refractivity contribution in [2.24, 2.45) is 17.1 Å². The normalized spacial score (nSPS) is 39.6. The molecule has 2 unspecified atom stereocenters. The number of rotatable bonds is 2. The quantitative estimate of drug-likeness (QED) is 0.710. The number of hydrogen-bond acceptors (Lipinski definition) is 2. The molecule has 0 aromatic rings. The maximum Gasteiger partial charge on any atom is 0.0741 e. The van der Waals surface area contributed by atoms with Crippen molar-refractivity contribution in [1.82, 2.24) is 0 Å². The summed E-state index contributed by atoms with van der Waals surface area (Å²) in [6.07, 6.45) is 10.8. The van der Waals surface area contributed by atoms with Crippen LogP contribution >= 0.6 is 0 Å². The zero-order valence-electron chi connectivity index (χ0n) is 10.7. The van der Waals surface area contributed by atoms with Crippen LogP contribution in [-0.2, 0) is 0 Å². The van der Waals surface area contributed by atoms with E-state index in [4.69, 9.17) is 5.73 Å². The van der Waals surface area contributed by atoms with Gasteiger partial charge in [-0.2, -0.15) is 0 Å². The molecular weight excluding hydrogens is 198 g/mol. The van der Waals surface area contributed by atoms with Gasteiger partial charge < -0.3 is 10.8 Å². The molecular formula is C14H27NO. The summed E-state index contributed by atoms with van der Waals surface area (Å²) in [5.74, 6) is 0.439. The fourth-order valence-corrected chi connectivity index (χ4v) is 4.17. The van der Waals surface area contributed by atoms with E-state index in [1.165, 1.54) is 38.5 Å². The zero-order valence-corrected chi connectivity index (χ0v) is 10.7. The summed E-state index contributed by atoms with van der Waals surface area (Å²) in [6.45, 7) is 2.89. The third-order valence-corrected chi connectivity index (χ3v) is 5.38. The standard InChI is InChI=1S/C14H27NO/c1-12-7-6-10-14(12,16)13(11-15)8-4-2-3-5-9-13/h12,16H,2-11,15H2,1H3. The highest BCUT2D eigenvalue weighted by molar-refractivity contribution is 5.05. The van der Waals surface area contributed by atoms with Gasteiger partial charge in [-0.05, 0) is 31.6 Å². The van der Waals surface area contributed by atoms with Crippen molar-refractivity contribution in [2.75, 3.05) is 6.54 Å². The maximum atomic E-state index is 11.1. The molecule has 3 N–H and O–H groups in total. The largest absolute Gasteiger partial charge is 0.389 e. The molecule has 16 heavy (non-hydrogen) atoms. The van der Waals surface area contributed by atoms with Crippen molar-refractivity contribution in [3.8, 4) is 0 Å². The fraction of sp³-hybridized carbons (Fsp3) is 1.00. The molecule has 0 amide bonds. The Morgan fingerprint density at radius 2 is 1.69 bits per heavy atom. The van der Waals surface area contributed by atoms with Gasteiger partial charge in [0.2, 0.25) is 0 Å². The highest BCUT2D eigenvalue weighted by Crippen LogP contribution is 2.53. The van der Waals surface area contributed by atoms with Gasteiger partial charge in [0.05, 0.1) is 5.60 Å². The molecule has 2 atom stereocenters. The van der Waals surface area contributed by atoms with E-state index in [0.717, 1.165) is 19.3 Å². The lowest BCUT2D eigenvalue weighted by atomic mass is 9.63. The van der Waals surface area contributed by atoms with Crippen LogP contribution in [0.1, 0.15) is 64.7 Å². The predicted octanol–water partition coefficient (Wildman–Crippen LogP) is 2.84. The van der Waals surface area contributed by atoms with Gasteiger partial charge in [-0.1, -0.05) is 39.0 Å². The van der Waals surface area contributed by atoms with Gasteiger partial charge in [0.15, 0.2) is 0 Å². The Bertz CT molecular complexity index is 233. The lowest BCUT2D eigenvalue weighted by Crippen LogP contribution is -2.54. The van der Waals surface area contributed by atoms with E-state index in [2.05, 4.69) is 6.92 Å². The Balaban J connectivity index is 2.24. The summed E-state index contributed by atoms with van der Waals surface area (Å²) in [4.78, 5) is 0. The second kappa shape index (κ2) is 4.66. The van der Waals surface area contributed by atoms with E-state index in [-0.39, 0.29) is 5.41 Å². The molecule has 2 rings (SSSR count). The van der Waals surface area contributed by atoms with Gasteiger partial charge >= 0.3 is 0 Å². The molecule has 2 aliphatic carbocycles. The van der Waals surface area contributed by atoms with Crippen LogP contribution in [0.25, 0.3) is 0 Å². The van der Waals surface area contributed by atoms with Gasteiger partial charge in [-0.3, -0.25) is 0 Å². The molecule has 2 heteroatoms. The van der Waals surface area contributed by atoms with Crippen LogP contribution in [0.2, 0.25) is 0 Å². The molecule has 2 fully saturated rings. The molecule has 0 spiro atoms. The van der Waals surface area contributed by atoms with E-state index in [1.807, 2.05) is 0 Å². The molecule has 2 aliphatic rings. The molecule has 0 aromatic heterocycles. The lowest BCUT2D eigenvalue weighted by Gasteiger charge is -2.47. The first-order chi connectivity index (χ1) is 7.65. The first kappa shape index (κ1) is 12.4. The van der Waals surface area contributed by atoms with Crippen LogP contribution in [0.15, 0.2) is 0 Å². The third-order valence-electron chi connectivity index (χ3n) is 5.38. The van der Waals surface area contributed by atoms with Crippen molar-refractivity contribution < 1.29 is 5.11 Å². The Kier molecular flexibility index (Phi) is 3.60. The number of aliphatic hydroxyl groups is 1. The first-order valence-corrected chi connectivity index (χ1v) is 7.07. The average molecular weight is 225 g/mol. The topological polar surface area (TPSA) is 46.2 Å². The van der Waals surface area contributed by atoms with E-state index in [0.29, 0.717) is 12.5 Å². The molecule has 0 saturated heterocycles. The van der Waals surface area contributed by atoms with Gasteiger partial charge in [0.1, 0.15) is 0 Å². The summed E-state index contributed by atoms with van der Waals surface area (Å²) in [7, 11) is 0. The van der Waals surface area contributed by atoms with Crippen LogP contribution in [0.4, 0.5) is 0 Å². The summed E-state index contributed by atoms with van der Waals surface area (Å²) >= 11 is 0. The van der Waals surface area contributed by atoms with E-state index < -0.39 is 5.60 Å². The Labute approximate surface area is 99.6 Å². The number of nitrogens with two attached hydrogens (primary N) is 1. The Morgan fingerprint density at radius 1 is 1.06 bits per heavy atom. The second-order valence-electron chi connectivity index (χ2n) is 6.12. The van der Waals surface area contributed by atoms with Gasteiger partial charge in [-0.25, -0.2) is 0 Å². The highest BCUT2D eigenvalue weighted by atomic mass is 16.3. The lowest BCUT2D eigenvalue weighted by molar-refractivity contribution is -0.112. The molecule has 2 saturated carbocycles. The van der Waals surface area contributed by atoms with Crippen LogP contribution in [0, 0.1) is 11.3 Å². The summed E-state index contributed by atoms with van der Waals surface area (Å²) < 4.78 is 0. The molecule has 2 nitrogen and oxygen atoms in total. The highest BCUT2D eigenvalue weighted by Gasteiger charge is 2.53. The average Bonchev–Trinajstić information content (AvgIpc) is 2.55. The Hall–Kier alpha value is -0.0800. The van der Waals surface area contributed by atoms with Gasteiger partial charge in [0, 0.05) is 12.0 Å². The molecule has 0 aromatic carbocycles. The molecule has 0 bridgehead atoms. The summed E-state index contributed by atoms with van der Waals surface area (Å²) in [5.41, 5.74) is 5.64. The minimum atomic E-state index is -0.466. The molecule has 94 valence electrons. The zero-order chi connectivity index (χ0) is 11.6. The molecule has 0 radical (unpaired) electrons. The van der Waals surface area contributed by atoms with Crippen LogP contribution < -0.4 is 5.73 Å². The van der Waals surface area contributed by atoms with Crippen LogP contribution in [-0.4, -0.2) is 17.3 Å². The SMILES string of the molecule is CC1CCCC1(O)C1(CN)CCCCCC1. The third kappa shape index (κ3) is 1.80. The van der Waals surface area contributed by atoms with Crippen molar-refractivity contribution in [3.05, 3.63) is 0 Å². The van der Waals surface area contributed by atoms with Gasteiger partial charge in [-0.15, -0.1) is 0 Å². The summed E-state index contributed by atoms with van der Waals surface area (Å²) in [6, 6.07) is 0. The minimum absolute atomic E-state index is 0.0272. The van der Waals surface area contributed by atoms with Crippen LogP contribution in [0.5, 0.6) is 0 Å². The van der Waals surface area contributed by atoms with Crippen molar-refractivity contribution >= 4 is 0 Å².